The molecule has 0 radical (unpaired) electrons. The second-order valence-electron chi connectivity index (χ2n) is 9.17. The first kappa shape index (κ1) is 22.4. The molecule has 1 aromatic carbocycles. The molecule has 4 rings (SSSR count). The molecule has 0 bridgehead atoms. The Morgan fingerprint density at radius 2 is 1.81 bits per heavy atom. The number of urea groups is 1. The summed E-state index contributed by atoms with van der Waals surface area (Å²) in [7, 11) is 0. The fourth-order valence-electron chi connectivity index (χ4n) is 4.88. The van der Waals surface area contributed by atoms with Crippen LogP contribution in [0.4, 0.5) is 9.18 Å². The van der Waals surface area contributed by atoms with Crippen molar-refractivity contribution in [3.05, 3.63) is 59.7 Å². The number of benzene rings is 1. The smallest absolute Gasteiger partial charge is 0.318 e. The second kappa shape index (κ2) is 9.76. The molecule has 1 saturated carbocycles. The Labute approximate surface area is 189 Å². The van der Waals surface area contributed by atoms with Crippen LogP contribution >= 0.6 is 0 Å². The van der Waals surface area contributed by atoms with Gasteiger partial charge in [-0.3, -0.25) is 4.79 Å². The lowest BCUT2D eigenvalue weighted by atomic mass is 9.96. The third-order valence-corrected chi connectivity index (χ3v) is 6.67. The number of fused-ring (bicyclic) bond motifs is 1. The van der Waals surface area contributed by atoms with Crippen LogP contribution in [0, 0.1) is 5.82 Å². The van der Waals surface area contributed by atoms with E-state index < -0.39 is 0 Å². The van der Waals surface area contributed by atoms with Crippen molar-refractivity contribution in [2.24, 2.45) is 0 Å². The average Bonchev–Trinajstić information content (AvgIpc) is 3.26. The number of halogens is 1. The van der Waals surface area contributed by atoms with Crippen molar-refractivity contribution < 1.29 is 14.0 Å². The van der Waals surface area contributed by atoms with Crippen molar-refractivity contribution in [3.63, 3.8) is 0 Å². The summed E-state index contributed by atoms with van der Waals surface area (Å²) >= 11 is 0. The molecule has 1 atom stereocenters. The molecule has 2 aliphatic rings. The molecule has 172 valence electrons. The molecule has 1 fully saturated rings. The summed E-state index contributed by atoms with van der Waals surface area (Å²) in [5.74, 6) is -0.401. The van der Waals surface area contributed by atoms with Gasteiger partial charge < -0.3 is 19.7 Å². The number of aromatic nitrogens is 1. The Morgan fingerprint density at radius 3 is 2.50 bits per heavy atom. The van der Waals surface area contributed by atoms with Gasteiger partial charge in [-0.25, -0.2) is 9.18 Å². The number of amides is 3. The quantitative estimate of drug-likeness (QED) is 0.753. The van der Waals surface area contributed by atoms with Crippen molar-refractivity contribution in [1.82, 2.24) is 19.7 Å². The Morgan fingerprint density at radius 1 is 1.09 bits per heavy atom. The molecule has 2 heterocycles. The highest BCUT2D eigenvalue weighted by molar-refractivity contribution is 5.85. The number of nitrogens with zero attached hydrogens (tertiary/aromatic N) is 3. The maximum atomic E-state index is 13.6. The molecule has 1 N–H and O–H groups in total. The third-order valence-electron chi connectivity index (χ3n) is 6.67. The van der Waals surface area contributed by atoms with Gasteiger partial charge in [-0.05, 0) is 56.5 Å². The largest absolute Gasteiger partial charge is 0.348 e. The Kier molecular flexibility index (Phi) is 6.82. The first-order chi connectivity index (χ1) is 15.4. The van der Waals surface area contributed by atoms with Crippen LogP contribution in [0.2, 0.25) is 0 Å². The van der Waals surface area contributed by atoms with E-state index in [4.69, 9.17) is 0 Å². The molecule has 1 aliphatic carbocycles. The summed E-state index contributed by atoms with van der Waals surface area (Å²) in [5.41, 5.74) is 1.86. The number of nitrogens with one attached hydrogen (secondary N) is 1. The zero-order valence-electron chi connectivity index (χ0n) is 19.0. The van der Waals surface area contributed by atoms with Gasteiger partial charge >= 0.3 is 6.03 Å². The van der Waals surface area contributed by atoms with Crippen molar-refractivity contribution in [2.45, 2.75) is 70.6 Å². The van der Waals surface area contributed by atoms with Gasteiger partial charge in [-0.1, -0.05) is 31.4 Å². The molecule has 3 amide bonds. The van der Waals surface area contributed by atoms with E-state index in [9.17, 15) is 14.0 Å². The van der Waals surface area contributed by atoms with Crippen LogP contribution in [-0.2, 0) is 11.3 Å². The summed E-state index contributed by atoms with van der Waals surface area (Å²) in [6, 6.07) is 9.93. The number of hydrogen-bond donors (Lipinski definition) is 1. The van der Waals surface area contributed by atoms with Gasteiger partial charge in [-0.2, -0.15) is 0 Å². The molecule has 0 saturated heterocycles. The van der Waals surface area contributed by atoms with E-state index in [-0.39, 0.29) is 42.4 Å². The number of rotatable bonds is 5. The lowest BCUT2D eigenvalue weighted by molar-refractivity contribution is -0.134. The summed E-state index contributed by atoms with van der Waals surface area (Å²) in [6.45, 7) is 5.13. The van der Waals surface area contributed by atoms with Crippen molar-refractivity contribution in [2.75, 3.05) is 13.1 Å². The predicted molar refractivity (Wildman–Crippen MR) is 122 cm³/mol. The highest BCUT2D eigenvalue weighted by Crippen LogP contribution is 2.32. The van der Waals surface area contributed by atoms with Crippen LogP contribution in [0.3, 0.4) is 0 Å². The first-order valence-electron chi connectivity index (χ1n) is 11.7. The maximum Gasteiger partial charge on any atom is 0.318 e. The average molecular weight is 441 g/mol. The van der Waals surface area contributed by atoms with E-state index >= 15 is 0 Å². The van der Waals surface area contributed by atoms with Crippen LogP contribution in [0.1, 0.15) is 63.3 Å². The fourth-order valence-corrected chi connectivity index (χ4v) is 4.88. The van der Waals surface area contributed by atoms with E-state index in [1.54, 1.807) is 17.0 Å². The topological polar surface area (TPSA) is 57.6 Å². The van der Waals surface area contributed by atoms with E-state index in [0.29, 0.717) is 13.1 Å². The number of hydrogen-bond acceptors (Lipinski definition) is 2. The maximum absolute atomic E-state index is 13.6. The molecule has 1 aliphatic heterocycles. The minimum atomic E-state index is -0.303. The van der Waals surface area contributed by atoms with E-state index in [1.165, 1.54) is 18.6 Å². The molecule has 32 heavy (non-hydrogen) atoms. The fraction of sp³-hybridized carbons (Fsp3) is 0.520. The molecule has 7 heteroatoms. The summed E-state index contributed by atoms with van der Waals surface area (Å²) in [4.78, 5) is 30.0. The zero-order chi connectivity index (χ0) is 22.7. The van der Waals surface area contributed by atoms with Gasteiger partial charge in [0.1, 0.15) is 12.4 Å². The lowest BCUT2D eigenvalue weighted by Crippen LogP contribution is -2.53. The molecule has 1 unspecified atom stereocenters. The Hall–Kier alpha value is -2.83. The minimum Gasteiger partial charge on any atom is -0.348 e. The monoisotopic (exact) mass is 440 g/mol. The molecule has 6 nitrogen and oxygen atoms in total. The predicted octanol–water partition coefficient (Wildman–Crippen LogP) is 4.31. The van der Waals surface area contributed by atoms with Crippen LogP contribution in [-0.4, -0.2) is 51.5 Å². The molecule has 1 aromatic heterocycles. The summed E-state index contributed by atoms with van der Waals surface area (Å²) < 4.78 is 15.7. The van der Waals surface area contributed by atoms with Crippen molar-refractivity contribution >= 4 is 11.9 Å². The summed E-state index contributed by atoms with van der Waals surface area (Å²) in [6.07, 6.45) is 7.51. The Bertz CT molecular complexity index is 934. The highest BCUT2D eigenvalue weighted by atomic mass is 19.1. The summed E-state index contributed by atoms with van der Waals surface area (Å²) in [5, 5.41) is 3.14. The molecular weight excluding hydrogens is 407 g/mol. The molecule has 0 spiro atoms. The number of carbonyl (C=O) groups excluding carboxylic acids is 2. The SMILES string of the molecule is CC(C)N(CC(=O)N1CCn2cccc2C1c1ccc(F)cc1)C(=O)NC1CCCCC1. The van der Waals surface area contributed by atoms with Gasteiger partial charge in [0.15, 0.2) is 0 Å². The third kappa shape index (κ3) is 4.81. The van der Waals surface area contributed by atoms with Gasteiger partial charge in [0, 0.05) is 37.1 Å². The van der Waals surface area contributed by atoms with Gasteiger partial charge in [-0.15, -0.1) is 0 Å². The second-order valence-corrected chi connectivity index (χ2v) is 9.17. The van der Waals surface area contributed by atoms with Gasteiger partial charge in [0.05, 0.1) is 6.04 Å². The normalized spacial score (nSPS) is 19.0. The van der Waals surface area contributed by atoms with Gasteiger partial charge in [0.25, 0.3) is 0 Å². The number of carbonyl (C=O) groups is 2. The van der Waals surface area contributed by atoms with Crippen molar-refractivity contribution in [1.29, 1.82) is 0 Å². The van der Waals surface area contributed by atoms with E-state index in [1.807, 2.05) is 37.1 Å². The van der Waals surface area contributed by atoms with Crippen LogP contribution in [0.15, 0.2) is 42.6 Å². The van der Waals surface area contributed by atoms with E-state index in [0.717, 1.165) is 36.9 Å². The first-order valence-corrected chi connectivity index (χ1v) is 11.7. The molecule has 2 aromatic rings. The minimum absolute atomic E-state index is 0.0224. The van der Waals surface area contributed by atoms with Crippen molar-refractivity contribution in [3.8, 4) is 0 Å². The van der Waals surface area contributed by atoms with Crippen LogP contribution < -0.4 is 5.32 Å². The lowest BCUT2D eigenvalue weighted by Gasteiger charge is -2.39. The Balaban J connectivity index is 1.53. The standard InChI is InChI=1S/C25H33FN4O2/c1-18(2)30(25(32)27-21-7-4-3-5-8-21)17-23(31)29-16-15-28-14-6-9-22(28)24(29)19-10-12-20(26)13-11-19/h6,9-14,18,21,24H,3-5,7-8,15-17H2,1-2H3,(H,27,32). The molecular formula is C25H33FN4O2. The van der Waals surface area contributed by atoms with Crippen LogP contribution in [0.5, 0.6) is 0 Å². The van der Waals surface area contributed by atoms with Gasteiger partial charge in [0.2, 0.25) is 5.91 Å². The van der Waals surface area contributed by atoms with E-state index in [2.05, 4.69) is 9.88 Å². The zero-order valence-corrected chi connectivity index (χ0v) is 19.0. The highest BCUT2D eigenvalue weighted by Gasteiger charge is 2.34. The van der Waals surface area contributed by atoms with Crippen LogP contribution in [0.25, 0.3) is 0 Å².